The van der Waals surface area contributed by atoms with E-state index in [1.165, 1.54) is 0 Å². The van der Waals surface area contributed by atoms with Gasteiger partial charge in [0.25, 0.3) is 0 Å². The van der Waals surface area contributed by atoms with Crippen molar-refractivity contribution < 1.29 is 9.84 Å². The molecule has 0 saturated heterocycles. The highest BCUT2D eigenvalue weighted by atomic mass is 16.5. The number of hydrogen-bond acceptors (Lipinski definition) is 6. The summed E-state index contributed by atoms with van der Waals surface area (Å²) < 4.78 is 5.16. The minimum absolute atomic E-state index is 0.0934. The highest BCUT2D eigenvalue weighted by Crippen LogP contribution is 2.27. The third-order valence-corrected chi connectivity index (χ3v) is 3.65. The van der Waals surface area contributed by atoms with Gasteiger partial charge in [0.1, 0.15) is 11.5 Å². The molecular weight excluding hydrogens is 316 g/mol. The molecule has 0 unspecified atom stereocenters. The van der Waals surface area contributed by atoms with E-state index in [2.05, 4.69) is 15.0 Å². The third kappa shape index (κ3) is 3.74. The van der Waals surface area contributed by atoms with E-state index in [9.17, 15) is 5.11 Å². The molecule has 0 saturated carbocycles. The molecule has 3 aromatic rings. The number of nitrogen functional groups attached to an aromatic ring is 1. The maximum absolute atomic E-state index is 10.0. The molecule has 0 bridgehead atoms. The molecule has 0 atom stereocenters. The second-order valence-corrected chi connectivity index (χ2v) is 5.46. The molecule has 0 fully saturated rings. The van der Waals surface area contributed by atoms with Gasteiger partial charge in [-0.25, -0.2) is 4.98 Å². The van der Waals surface area contributed by atoms with Crippen molar-refractivity contribution in [2.75, 3.05) is 12.8 Å². The zero-order chi connectivity index (χ0) is 17.8. The summed E-state index contributed by atoms with van der Waals surface area (Å²) in [7, 11) is 1.63. The first-order valence-electron chi connectivity index (χ1n) is 7.69. The molecule has 6 heteroatoms. The lowest BCUT2D eigenvalue weighted by Crippen LogP contribution is -2.04. The predicted octanol–water partition coefficient (Wildman–Crippen LogP) is 3.40. The average Bonchev–Trinajstić information content (AvgIpc) is 2.62. The Morgan fingerprint density at radius 3 is 2.44 bits per heavy atom. The van der Waals surface area contributed by atoms with Gasteiger partial charge in [0.15, 0.2) is 11.6 Å². The second-order valence-electron chi connectivity index (χ2n) is 5.46. The van der Waals surface area contributed by atoms with Crippen LogP contribution in [0.5, 0.6) is 11.5 Å². The number of para-hydroxylation sites is 1. The Morgan fingerprint density at radius 1 is 1.04 bits per heavy atom. The van der Waals surface area contributed by atoms with E-state index in [1.807, 2.05) is 37.3 Å². The van der Waals surface area contributed by atoms with Crippen molar-refractivity contribution in [2.45, 2.75) is 6.92 Å². The van der Waals surface area contributed by atoms with E-state index in [4.69, 9.17) is 10.5 Å². The molecule has 3 rings (SSSR count). The molecule has 1 heterocycles. The zero-order valence-corrected chi connectivity index (χ0v) is 14.0. The van der Waals surface area contributed by atoms with Crippen LogP contribution >= 0.6 is 0 Å². The summed E-state index contributed by atoms with van der Waals surface area (Å²) in [5.41, 5.74) is 8.15. The van der Waals surface area contributed by atoms with Crippen molar-refractivity contribution in [3.63, 3.8) is 0 Å². The first-order valence-corrected chi connectivity index (χ1v) is 7.69. The molecule has 0 aliphatic heterocycles. The van der Waals surface area contributed by atoms with E-state index < -0.39 is 0 Å². The summed E-state index contributed by atoms with van der Waals surface area (Å²) >= 11 is 0. The minimum Gasteiger partial charge on any atom is -0.507 e. The fourth-order valence-corrected chi connectivity index (χ4v) is 2.37. The van der Waals surface area contributed by atoms with Crippen LogP contribution < -0.4 is 10.5 Å². The number of anilines is 1. The lowest BCUT2D eigenvalue weighted by Gasteiger charge is -2.07. The molecule has 0 aliphatic rings. The van der Waals surface area contributed by atoms with Crippen LogP contribution in [0.25, 0.3) is 23.0 Å². The number of phenolic OH excluding ortho intramolecular Hbond substituents is 1. The van der Waals surface area contributed by atoms with Gasteiger partial charge in [0, 0.05) is 0 Å². The molecule has 6 nitrogen and oxygen atoms in total. The number of benzene rings is 2. The van der Waals surface area contributed by atoms with Gasteiger partial charge in [-0.3, -0.25) is 0 Å². The van der Waals surface area contributed by atoms with Gasteiger partial charge >= 0.3 is 0 Å². The van der Waals surface area contributed by atoms with Gasteiger partial charge in [0.2, 0.25) is 5.95 Å². The van der Waals surface area contributed by atoms with Gasteiger partial charge in [-0.15, -0.1) is 0 Å². The molecule has 2 aromatic carbocycles. The number of ether oxygens (including phenoxy) is 1. The van der Waals surface area contributed by atoms with Crippen LogP contribution in [0.3, 0.4) is 0 Å². The number of allylic oxidation sites excluding steroid dienone is 1. The number of hydrogen-bond donors (Lipinski definition) is 2. The Bertz CT molecular complexity index is 921. The van der Waals surface area contributed by atoms with E-state index in [-0.39, 0.29) is 11.7 Å². The number of aromatic hydroxyl groups is 1. The Morgan fingerprint density at radius 2 is 1.76 bits per heavy atom. The zero-order valence-electron chi connectivity index (χ0n) is 14.0. The van der Waals surface area contributed by atoms with Gasteiger partial charge < -0.3 is 15.6 Å². The van der Waals surface area contributed by atoms with E-state index in [0.717, 1.165) is 16.9 Å². The van der Waals surface area contributed by atoms with Crippen LogP contribution in [0.4, 0.5) is 5.95 Å². The first-order chi connectivity index (χ1) is 12.1. The van der Waals surface area contributed by atoms with Crippen molar-refractivity contribution >= 4 is 17.6 Å². The average molecular weight is 334 g/mol. The van der Waals surface area contributed by atoms with Gasteiger partial charge in [0.05, 0.1) is 12.7 Å². The molecule has 0 spiro atoms. The largest absolute Gasteiger partial charge is 0.507 e. The van der Waals surface area contributed by atoms with Crippen LogP contribution in [-0.2, 0) is 0 Å². The van der Waals surface area contributed by atoms with Gasteiger partial charge in [-0.05, 0) is 48.4 Å². The molecule has 0 radical (unpaired) electrons. The summed E-state index contributed by atoms with van der Waals surface area (Å²) in [4.78, 5) is 12.8. The summed E-state index contributed by atoms with van der Waals surface area (Å²) in [6.45, 7) is 1.90. The van der Waals surface area contributed by atoms with E-state index in [1.54, 1.807) is 31.4 Å². The third-order valence-electron chi connectivity index (χ3n) is 3.65. The van der Waals surface area contributed by atoms with Crippen molar-refractivity contribution in [1.29, 1.82) is 0 Å². The lowest BCUT2D eigenvalue weighted by molar-refractivity contribution is 0.415. The number of phenols is 1. The SMILES string of the molecule is COc1ccc(C=C(C)c2nc(N)nc(-c3ccccc3O)n2)cc1. The molecule has 0 amide bonds. The van der Waals surface area contributed by atoms with Crippen LogP contribution in [0.2, 0.25) is 0 Å². The van der Waals surface area contributed by atoms with Crippen molar-refractivity contribution in [1.82, 2.24) is 15.0 Å². The number of nitrogens with zero attached hydrogens (tertiary/aromatic N) is 3. The molecule has 1 aromatic heterocycles. The Balaban J connectivity index is 1.99. The van der Waals surface area contributed by atoms with Crippen molar-refractivity contribution in [3.05, 3.63) is 59.9 Å². The van der Waals surface area contributed by atoms with Crippen LogP contribution in [0.15, 0.2) is 48.5 Å². The van der Waals surface area contributed by atoms with Crippen LogP contribution in [0.1, 0.15) is 18.3 Å². The summed E-state index contributed by atoms with van der Waals surface area (Å²) in [6, 6.07) is 14.5. The van der Waals surface area contributed by atoms with E-state index >= 15 is 0 Å². The smallest absolute Gasteiger partial charge is 0.224 e. The fourth-order valence-electron chi connectivity index (χ4n) is 2.37. The predicted molar refractivity (Wildman–Crippen MR) is 97.9 cm³/mol. The molecular formula is C19H18N4O2. The lowest BCUT2D eigenvalue weighted by atomic mass is 10.1. The molecule has 0 aliphatic carbocycles. The second kappa shape index (κ2) is 7.00. The van der Waals surface area contributed by atoms with E-state index in [0.29, 0.717) is 17.2 Å². The van der Waals surface area contributed by atoms with Gasteiger partial charge in [-0.1, -0.05) is 24.3 Å². The number of methoxy groups -OCH3 is 1. The van der Waals surface area contributed by atoms with Gasteiger partial charge in [-0.2, -0.15) is 9.97 Å². The topological polar surface area (TPSA) is 94.2 Å². The molecule has 3 N–H and O–H groups in total. The number of nitrogens with two attached hydrogens (primary N) is 1. The Kier molecular flexibility index (Phi) is 4.61. The maximum atomic E-state index is 10.0. The first kappa shape index (κ1) is 16.4. The minimum atomic E-state index is 0.0934. The maximum Gasteiger partial charge on any atom is 0.224 e. The highest BCUT2D eigenvalue weighted by molar-refractivity contribution is 5.78. The van der Waals surface area contributed by atoms with Crippen molar-refractivity contribution in [3.8, 4) is 22.9 Å². The normalized spacial score (nSPS) is 11.4. The molecule has 126 valence electrons. The van der Waals surface area contributed by atoms with Crippen LogP contribution in [0, 0.1) is 0 Å². The van der Waals surface area contributed by atoms with Crippen molar-refractivity contribution in [2.24, 2.45) is 0 Å². The monoisotopic (exact) mass is 334 g/mol. The Hall–Kier alpha value is -3.41. The summed E-state index contributed by atoms with van der Waals surface area (Å²) in [5.74, 6) is 1.78. The van der Waals surface area contributed by atoms with Crippen LogP contribution in [-0.4, -0.2) is 27.2 Å². The Labute approximate surface area is 145 Å². The molecule has 25 heavy (non-hydrogen) atoms. The number of aromatic nitrogens is 3. The summed E-state index contributed by atoms with van der Waals surface area (Å²) in [5, 5.41) is 10.0. The fraction of sp³-hybridized carbons (Fsp3) is 0.105. The number of rotatable bonds is 4. The highest BCUT2D eigenvalue weighted by Gasteiger charge is 2.11. The quantitative estimate of drug-likeness (QED) is 0.759. The standard InChI is InChI=1S/C19H18N4O2/c1-12(11-13-7-9-14(25-2)10-8-13)17-21-18(23-19(20)22-17)15-5-3-4-6-16(15)24/h3-11,24H,1-2H3,(H2,20,21,22,23). The summed E-state index contributed by atoms with van der Waals surface area (Å²) in [6.07, 6.45) is 1.95.